The number of unbranched alkanes of at least 4 members (excludes halogenated alkanes) is 1. The Bertz CT molecular complexity index is 188. The quantitative estimate of drug-likeness (QED) is 0.396. The van der Waals surface area contributed by atoms with Crippen molar-refractivity contribution in [3.05, 3.63) is 0 Å². The topological polar surface area (TPSA) is 62.3 Å². The molecule has 4 nitrogen and oxygen atoms in total. The van der Waals surface area contributed by atoms with Crippen LogP contribution in [-0.2, 0) is 4.74 Å². The van der Waals surface area contributed by atoms with E-state index in [1.807, 2.05) is 0 Å². The van der Waals surface area contributed by atoms with Crippen molar-refractivity contribution in [3.63, 3.8) is 0 Å². The van der Waals surface area contributed by atoms with Crippen molar-refractivity contribution in [2.24, 2.45) is 5.73 Å². The number of hydrogen-bond donors (Lipinski definition) is 2. The molecule has 88 valence electrons. The van der Waals surface area contributed by atoms with Gasteiger partial charge >= 0.3 is 0 Å². The minimum atomic E-state index is 0.313. The third kappa shape index (κ3) is 5.14. The summed E-state index contributed by atoms with van der Waals surface area (Å²) in [4.78, 5) is 2.48. The van der Waals surface area contributed by atoms with Gasteiger partial charge in [0, 0.05) is 26.6 Å². The number of rotatable bonds is 6. The summed E-state index contributed by atoms with van der Waals surface area (Å²) >= 11 is 0. The molecule has 0 aromatic heterocycles. The van der Waals surface area contributed by atoms with Gasteiger partial charge in [0.2, 0.25) is 0 Å². The average molecular weight is 213 g/mol. The Labute approximate surface area is 92.3 Å². The molecule has 0 spiro atoms. The molecule has 4 heteroatoms. The minimum absolute atomic E-state index is 0.313. The van der Waals surface area contributed by atoms with E-state index in [4.69, 9.17) is 15.9 Å². The molecule has 3 N–H and O–H groups in total. The van der Waals surface area contributed by atoms with Gasteiger partial charge in [-0.05, 0) is 32.2 Å². The zero-order valence-corrected chi connectivity index (χ0v) is 9.67. The van der Waals surface area contributed by atoms with Crippen molar-refractivity contribution in [3.8, 4) is 0 Å². The summed E-state index contributed by atoms with van der Waals surface area (Å²) in [6.45, 7) is 3.45. The molecule has 0 amide bonds. The Hall–Kier alpha value is -0.610. The molecule has 15 heavy (non-hydrogen) atoms. The lowest BCUT2D eigenvalue weighted by molar-refractivity contribution is 0.0408. The van der Waals surface area contributed by atoms with Gasteiger partial charge in [0.25, 0.3) is 0 Å². The fourth-order valence-electron chi connectivity index (χ4n) is 2.02. The maximum absolute atomic E-state index is 7.12. The van der Waals surface area contributed by atoms with Gasteiger partial charge in [-0.3, -0.25) is 5.41 Å². The summed E-state index contributed by atoms with van der Waals surface area (Å²) in [5.74, 6) is 0.313. The number of likely N-dealkylation sites (tertiary alicyclic amines) is 1. The molecular weight excluding hydrogens is 190 g/mol. The molecule has 1 saturated heterocycles. The van der Waals surface area contributed by atoms with E-state index < -0.39 is 0 Å². The lowest BCUT2D eigenvalue weighted by Gasteiger charge is -2.31. The van der Waals surface area contributed by atoms with Gasteiger partial charge in [-0.25, -0.2) is 0 Å². The third-order valence-electron chi connectivity index (χ3n) is 3.04. The van der Waals surface area contributed by atoms with Crippen LogP contribution in [0.25, 0.3) is 0 Å². The van der Waals surface area contributed by atoms with Crippen LogP contribution in [0.4, 0.5) is 0 Å². The van der Waals surface area contributed by atoms with E-state index in [0.29, 0.717) is 11.9 Å². The fraction of sp³-hybridized carbons (Fsp3) is 0.909. The van der Waals surface area contributed by atoms with Gasteiger partial charge in [0.1, 0.15) is 0 Å². The van der Waals surface area contributed by atoms with Gasteiger partial charge in [0.05, 0.1) is 11.9 Å². The predicted octanol–water partition coefficient (Wildman–Crippen LogP) is 1.20. The number of nitrogens with two attached hydrogens (primary N) is 1. The molecular formula is C11H23N3O. The van der Waals surface area contributed by atoms with E-state index in [9.17, 15) is 0 Å². The van der Waals surface area contributed by atoms with Crippen LogP contribution in [0, 0.1) is 5.41 Å². The molecule has 0 radical (unpaired) electrons. The molecule has 1 heterocycles. The van der Waals surface area contributed by atoms with Crippen LogP contribution in [0.1, 0.15) is 32.1 Å². The van der Waals surface area contributed by atoms with E-state index in [1.54, 1.807) is 7.11 Å². The van der Waals surface area contributed by atoms with Crippen LogP contribution < -0.4 is 5.73 Å². The van der Waals surface area contributed by atoms with Crippen LogP contribution in [0.15, 0.2) is 0 Å². The summed E-state index contributed by atoms with van der Waals surface area (Å²) in [6, 6.07) is 0. The first-order chi connectivity index (χ1) is 7.22. The summed E-state index contributed by atoms with van der Waals surface area (Å²) in [5.41, 5.74) is 5.30. The average Bonchev–Trinajstić information content (AvgIpc) is 2.25. The second kappa shape index (κ2) is 6.80. The zero-order chi connectivity index (χ0) is 11.1. The van der Waals surface area contributed by atoms with Gasteiger partial charge in [0.15, 0.2) is 0 Å². The number of nitrogens with one attached hydrogen (secondary N) is 1. The summed E-state index contributed by atoms with van der Waals surface area (Å²) in [6.07, 6.45) is 5.72. The van der Waals surface area contributed by atoms with Crippen molar-refractivity contribution in [1.82, 2.24) is 4.90 Å². The zero-order valence-electron chi connectivity index (χ0n) is 9.67. The smallest absolute Gasteiger partial charge is 0.0905 e. The van der Waals surface area contributed by atoms with Crippen LogP contribution in [0.2, 0.25) is 0 Å². The van der Waals surface area contributed by atoms with Crippen molar-refractivity contribution in [2.75, 3.05) is 26.7 Å². The normalized spacial score (nSPS) is 19.3. The Kier molecular flexibility index (Phi) is 5.65. The Morgan fingerprint density at radius 1 is 1.40 bits per heavy atom. The Morgan fingerprint density at radius 3 is 2.60 bits per heavy atom. The van der Waals surface area contributed by atoms with Gasteiger partial charge in [-0.2, -0.15) is 0 Å². The molecule has 1 rings (SSSR count). The summed E-state index contributed by atoms with van der Waals surface area (Å²) < 4.78 is 5.33. The highest BCUT2D eigenvalue weighted by molar-refractivity contribution is 5.76. The maximum Gasteiger partial charge on any atom is 0.0905 e. The van der Waals surface area contributed by atoms with Crippen molar-refractivity contribution in [1.29, 1.82) is 5.41 Å². The molecule has 0 aliphatic carbocycles. The van der Waals surface area contributed by atoms with Crippen LogP contribution in [-0.4, -0.2) is 43.6 Å². The van der Waals surface area contributed by atoms with Crippen molar-refractivity contribution in [2.45, 2.75) is 38.2 Å². The van der Waals surface area contributed by atoms with Gasteiger partial charge in [-0.1, -0.05) is 0 Å². The van der Waals surface area contributed by atoms with E-state index >= 15 is 0 Å². The summed E-state index contributed by atoms with van der Waals surface area (Å²) in [7, 11) is 1.80. The van der Waals surface area contributed by atoms with E-state index in [-0.39, 0.29) is 0 Å². The number of amidine groups is 1. The number of nitrogens with zero attached hydrogens (tertiary/aromatic N) is 1. The minimum Gasteiger partial charge on any atom is -0.388 e. The number of ether oxygens (including phenoxy) is 1. The first-order valence-corrected chi connectivity index (χ1v) is 5.80. The molecule has 0 saturated carbocycles. The monoisotopic (exact) mass is 213 g/mol. The van der Waals surface area contributed by atoms with Gasteiger partial charge in [-0.15, -0.1) is 0 Å². The first kappa shape index (κ1) is 12.5. The number of piperidine rings is 1. The summed E-state index contributed by atoms with van der Waals surface area (Å²) in [5, 5.41) is 7.12. The van der Waals surface area contributed by atoms with Crippen molar-refractivity contribution >= 4 is 5.84 Å². The fourth-order valence-corrected chi connectivity index (χ4v) is 2.02. The van der Waals surface area contributed by atoms with Crippen LogP contribution in [0.3, 0.4) is 0 Å². The lowest BCUT2D eigenvalue weighted by Crippen LogP contribution is -2.37. The molecule has 0 aromatic carbocycles. The second-order valence-corrected chi connectivity index (χ2v) is 4.26. The Morgan fingerprint density at radius 2 is 2.07 bits per heavy atom. The SMILES string of the molecule is COC1CCN(CCCCC(=N)N)CC1. The highest BCUT2D eigenvalue weighted by Crippen LogP contribution is 2.13. The largest absolute Gasteiger partial charge is 0.388 e. The Balaban J connectivity index is 2.01. The molecule has 0 bridgehead atoms. The van der Waals surface area contributed by atoms with Crippen LogP contribution >= 0.6 is 0 Å². The standard InChI is InChI=1S/C11H23N3O/c1-15-10-5-8-14(9-6-10)7-3-2-4-11(12)13/h10H,2-9H2,1H3,(H3,12,13). The van der Waals surface area contributed by atoms with Gasteiger partial charge < -0.3 is 15.4 Å². The molecule has 0 atom stereocenters. The molecule has 0 aromatic rings. The van der Waals surface area contributed by atoms with Crippen molar-refractivity contribution < 1.29 is 4.74 Å². The lowest BCUT2D eigenvalue weighted by atomic mass is 10.1. The van der Waals surface area contributed by atoms with E-state index in [1.165, 1.54) is 0 Å². The highest BCUT2D eigenvalue weighted by Gasteiger charge is 2.17. The first-order valence-electron chi connectivity index (χ1n) is 5.80. The second-order valence-electron chi connectivity index (χ2n) is 4.26. The molecule has 1 aliphatic heterocycles. The molecule has 1 aliphatic rings. The molecule has 0 unspecified atom stereocenters. The molecule has 1 fully saturated rings. The number of hydrogen-bond acceptors (Lipinski definition) is 3. The van der Waals surface area contributed by atoms with E-state index in [2.05, 4.69) is 4.90 Å². The third-order valence-corrected chi connectivity index (χ3v) is 3.04. The number of methoxy groups -OCH3 is 1. The van der Waals surface area contributed by atoms with Crippen LogP contribution in [0.5, 0.6) is 0 Å². The predicted molar refractivity (Wildman–Crippen MR) is 62.2 cm³/mol. The van der Waals surface area contributed by atoms with E-state index in [0.717, 1.165) is 51.7 Å². The maximum atomic E-state index is 7.12. The highest BCUT2D eigenvalue weighted by atomic mass is 16.5.